The van der Waals surface area contributed by atoms with Crippen molar-refractivity contribution in [3.8, 4) is 0 Å². The number of ether oxygens (including phenoxy) is 1. The minimum absolute atomic E-state index is 0.326. The average Bonchev–Trinajstić information content (AvgIpc) is 3.24. The number of hydrogen-bond donors (Lipinski definition) is 1. The molecule has 0 aromatic heterocycles. The Balaban J connectivity index is 1.90. The van der Waals surface area contributed by atoms with Gasteiger partial charge in [-0.05, 0) is 37.5 Å². The van der Waals surface area contributed by atoms with Crippen LogP contribution in [0, 0.1) is 11.3 Å². The van der Waals surface area contributed by atoms with Gasteiger partial charge in [0.15, 0.2) is 0 Å². The van der Waals surface area contributed by atoms with Gasteiger partial charge in [0, 0.05) is 37.8 Å². The molecular weight excluding hydrogens is 260 g/mol. The third-order valence-electron chi connectivity index (χ3n) is 5.48. The monoisotopic (exact) mass is 296 g/mol. The minimum Gasteiger partial charge on any atom is -0.380 e. The van der Waals surface area contributed by atoms with E-state index in [9.17, 15) is 0 Å². The molecule has 0 aromatic rings. The van der Waals surface area contributed by atoms with Crippen LogP contribution in [0.3, 0.4) is 0 Å². The molecule has 2 atom stereocenters. The van der Waals surface area contributed by atoms with Gasteiger partial charge in [0.2, 0.25) is 0 Å². The highest BCUT2D eigenvalue weighted by Gasteiger charge is 2.49. The van der Waals surface area contributed by atoms with E-state index in [0.29, 0.717) is 17.0 Å². The van der Waals surface area contributed by atoms with Crippen LogP contribution in [0.5, 0.6) is 0 Å². The summed E-state index contributed by atoms with van der Waals surface area (Å²) in [6.45, 7) is 16.9. The van der Waals surface area contributed by atoms with Gasteiger partial charge in [-0.25, -0.2) is 0 Å². The standard InChI is InChI=1S/C18H36N2O/c1-6-7-11-21-12-10-20-13-16(17(2,3)4)19-14-18(20,5)15-8-9-15/h15-16,19H,6-14H2,1-5H3. The lowest BCUT2D eigenvalue weighted by Crippen LogP contribution is -2.67. The number of piperazine rings is 1. The molecule has 2 rings (SSSR count). The lowest BCUT2D eigenvalue weighted by Gasteiger charge is -2.51. The van der Waals surface area contributed by atoms with Crippen molar-refractivity contribution >= 4 is 0 Å². The highest BCUT2D eigenvalue weighted by Crippen LogP contribution is 2.44. The van der Waals surface area contributed by atoms with E-state index in [1.54, 1.807) is 0 Å². The molecule has 2 aliphatic rings. The first-order chi connectivity index (χ1) is 9.88. The van der Waals surface area contributed by atoms with Gasteiger partial charge in [0.1, 0.15) is 0 Å². The van der Waals surface area contributed by atoms with Gasteiger partial charge >= 0.3 is 0 Å². The second kappa shape index (κ2) is 6.97. The van der Waals surface area contributed by atoms with Crippen molar-refractivity contribution in [2.45, 2.75) is 71.9 Å². The van der Waals surface area contributed by atoms with Gasteiger partial charge in [0.05, 0.1) is 6.61 Å². The smallest absolute Gasteiger partial charge is 0.0593 e. The molecule has 1 heterocycles. The van der Waals surface area contributed by atoms with Gasteiger partial charge < -0.3 is 10.1 Å². The number of hydrogen-bond acceptors (Lipinski definition) is 3. The Bertz CT molecular complexity index is 322. The summed E-state index contributed by atoms with van der Waals surface area (Å²) in [6, 6.07) is 0.583. The first kappa shape index (κ1) is 17.2. The molecule has 1 N–H and O–H groups in total. The number of nitrogens with zero attached hydrogens (tertiary/aromatic N) is 1. The van der Waals surface area contributed by atoms with Gasteiger partial charge in [-0.15, -0.1) is 0 Å². The Labute approximate surface area is 131 Å². The van der Waals surface area contributed by atoms with Crippen molar-refractivity contribution in [2.75, 3.05) is 32.8 Å². The number of rotatable bonds is 7. The van der Waals surface area contributed by atoms with Crippen LogP contribution >= 0.6 is 0 Å². The van der Waals surface area contributed by atoms with Crippen molar-refractivity contribution < 1.29 is 4.74 Å². The molecule has 21 heavy (non-hydrogen) atoms. The second-order valence-corrected chi connectivity index (χ2v) is 8.34. The second-order valence-electron chi connectivity index (χ2n) is 8.34. The van der Waals surface area contributed by atoms with Crippen LogP contribution in [0.25, 0.3) is 0 Å². The van der Waals surface area contributed by atoms with Crippen LogP contribution < -0.4 is 5.32 Å². The summed E-state index contributed by atoms with van der Waals surface area (Å²) in [5, 5.41) is 3.83. The maximum absolute atomic E-state index is 5.83. The Morgan fingerprint density at radius 1 is 1.24 bits per heavy atom. The highest BCUT2D eigenvalue weighted by molar-refractivity contribution is 5.06. The van der Waals surface area contributed by atoms with Crippen molar-refractivity contribution in [3.63, 3.8) is 0 Å². The van der Waals surface area contributed by atoms with Crippen LogP contribution in [0.2, 0.25) is 0 Å². The quantitative estimate of drug-likeness (QED) is 0.730. The molecule has 1 aliphatic carbocycles. The first-order valence-corrected chi connectivity index (χ1v) is 8.94. The van der Waals surface area contributed by atoms with E-state index in [4.69, 9.17) is 4.74 Å². The summed E-state index contributed by atoms with van der Waals surface area (Å²) in [6.07, 6.45) is 5.22. The van der Waals surface area contributed by atoms with Crippen molar-refractivity contribution in [1.82, 2.24) is 10.2 Å². The van der Waals surface area contributed by atoms with Crippen LogP contribution in [0.4, 0.5) is 0 Å². The van der Waals surface area contributed by atoms with E-state index in [1.165, 1.54) is 25.7 Å². The molecule has 2 unspecified atom stereocenters. The van der Waals surface area contributed by atoms with E-state index in [1.807, 2.05) is 0 Å². The SMILES string of the molecule is CCCCOCCN1CC(C(C)(C)C)NCC1(C)C1CC1. The third kappa shape index (κ3) is 4.43. The lowest BCUT2D eigenvalue weighted by atomic mass is 9.81. The van der Waals surface area contributed by atoms with Crippen molar-refractivity contribution in [2.24, 2.45) is 11.3 Å². The topological polar surface area (TPSA) is 24.5 Å². The molecule has 124 valence electrons. The number of nitrogens with one attached hydrogen (secondary N) is 1. The summed E-state index contributed by atoms with van der Waals surface area (Å²) in [7, 11) is 0. The first-order valence-electron chi connectivity index (χ1n) is 8.94. The minimum atomic E-state index is 0.326. The van der Waals surface area contributed by atoms with Gasteiger partial charge in [-0.1, -0.05) is 34.1 Å². The molecular formula is C18H36N2O. The zero-order valence-corrected chi connectivity index (χ0v) is 14.9. The molecule has 3 nitrogen and oxygen atoms in total. The molecule has 0 amide bonds. The third-order valence-corrected chi connectivity index (χ3v) is 5.48. The fourth-order valence-electron chi connectivity index (χ4n) is 3.49. The Morgan fingerprint density at radius 3 is 2.52 bits per heavy atom. The zero-order valence-electron chi connectivity index (χ0n) is 14.9. The van der Waals surface area contributed by atoms with E-state index >= 15 is 0 Å². The summed E-state index contributed by atoms with van der Waals surface area (Å²) in [5.41, 5.74) is 0.669. The van der Waals surface area contributed by atoms with Crippen molar-refractivity contribution in [3.05, 3.63) is 0 Å². The number of unbranched alkanes of at least 4 members (excludes halogenated alkanes) is 1. The van der Waals surface area contributed by atoms with Crippen LogP contribution in [0.1, 0.15) is 60.3 Å². The van der Waals surface area contributed by atoms with Gasteiger partial charge in [-0.3, -0.25) is 4.90 Å². The average molecular weight is 296 g/mol. The Kier molecular flexibility index (Phi) is 5.72. The summed E-state index contributed by atoms with van der Waals surface area (Å²) < 4.78 is 5.83. The molecule has 1 aliphatic heterocycles. The van der Waals surface area contributed by atoms with E-state index < -0.39 is 0 Å². The predicted octanol–water partition coefficient (Wildman–Crippen LogP) is 3.29. The largest absolute Gasteiger partial charge is 0.380 e. The highest BCUT2D eigenvalue weighted by atomic mass is 16.5. The summed E-state index contributed by atoms with van der Waals surface area (Å²) in [4.78, 5) is 2.73. The molecule has 2 fully saturated rings. The molecule has 0 spiro atoms. The molecule has 0 radical (unpaired) electrons. The molecule has 3 heteroatoms. The normalized spacial score (nSPS) is 31.6. The maximum atomic E-state index is 5.83. The van der Waals surface area contributed by atoms with Gasteiger partial charge in [0.25, 0.3) is 0 Å². The lowest BCUT2D eigenvalue weighted by molar-refractivity contribution is -0.0106. The predicted molar refractivity (Wildman–Crippen MR) is 89.7 cm³/mol. The zero-order chi connectivity index (χ0) is 15.5. The van der Waals surface area contributed by atoms with E-state index in [-0.39, 0.29) is 0 Å². The van der Waals surface area contributed by atoms with E-state index in [0.717, 1.165) is 38.8 Å². The van der Waals surface area contributed by atoms with Crippen LogP contribution in [0.15, 0.2) is 0 Å². The van der Waals surface area contributed by atoms with E-state index in [2.05, 4.69) is 44.8 Å². The Morgan fingerprint density at radius 2 is 1.95 bits per heavy atom. The van der Waals surface area contributed by atoms with Gasteiger partial charge in [-0.2, -0.15) is 0 Å². The van der Waals surface area contributed by atoms with Crippen LogP contribution in [-0.4, -0.2) is 49.3 Å². The fourth-order valence-corrected chi connectivity index (χ4v) is 3.49. The molecule has 0 aromatic carbocycles. The van der Waals surface area contributed by atoms with Crippen molar-refractivity contribution in [1.29, 1.82) is 0 Å². The molecule has 1 saturated heterocycles. The van der Waals surface area contributed by atoms with Crippen LogP contribution in [-0.2, 0) is 4.74 Å². The maximum Gasteiger partial charge on any atom is 0.0593 e. The fraction of sp³-hybridized carbons (Fsp3) is 1.00. The molecule has 1 saturated carbocycles. The Hall–Kier alpha value is -0.120. The molecule has 0 bridgehead atoms. The summed E-state index contributed by atoms with van der Waals surface area (Å²) in [5.74, 6) is 0.890. The summed E-state index contributed by atoms with van der Waals surface area (Å²) >= 11 is 0.